The molecule has 1 aliphatic heterocycles. The van der Waals surface area contributed by atoms with E-state index >= 15 is 0 Å². The van der Waals surface area contributed by atoms with Crippen molar-refractivity contribution >= 4 is 7.12 Å². The number of hydrogen-bond acceptors (Lipinski definition) is 2. The van der Waals surface area contributed by atoms with E-state index in [9.17, 15) is 0 Å². The van der Waals surface area contributed by atoms with Crippen LogP contribution in [0.1, 0.15) is 41.5 Å². The largest absolute Gasteiger partial charge is 0.487 e. The molecule has 15 heavy (non-hydrogen) atoms. The molecule has 1 heterocycles. The van der Waals surface area contributed by atoms with E-state index < -0.39 is 0 Å². The summed E-state index contributed by atoms with van der Waals surface area (Å²) < 4.78 is 11.6. The van der Waals surface area contributed by atoms with Crippen LogP contribution in [0, 0.1) is 0 Å². The van der Waals surface area contributed by atoms with E-state index in [2.05, 4.69) is 40.7 Å². The Kier molecular flexibility index (Phi) is 3.46. The SMILES string of the molecule is C/C=C(C)/C=C/B1OC(C)(C)C(C)(C)O1. The van der Waals surface area contributed by atoms with Gasteiger partial charge in [-0.05, 0) is 41.5 Å². The molecule has 0 aliphatic carbocycles. The van der Waals surface area contributed by atoms with Gasteiger partial charge >= 0.3 is 7.12 Å². The molecule has 3 heteroatoms. The molecule has 0 aromatic heterocycles. The lowest BCUT2D eigenvalue weighted by molar-refractivity contribution is 0.00578. The molecule has 0 atom stereocenters. The summed E-state index contributed by atoms with van der Waals surface area (Å²) in [5.74, 6) is 1.96. The highest BCUT2D eigenvalue weighted by Crippen LogP contribution is 2.36. The van der Waals surface area contributed by atoms with Gasteiger partial charge in [-0.15, -0.1) is 0 Å². The third-order valence-electron chi connectivity index (χ3n) is 3.24. The van der Waals surface area contributed by atoms with E-state index in [1.165, 1.54) is 5.57 Å². The van der Waals surface area contributed by atoms with Gasteiger partial charge in [0, 0.05) is 0 Å². The fraction of sp³-hybridized carbons (Fsp3) is 0.667. The van der Waals surface area contributed by atoms with Crippen LogP contribution in [0.4, 0.5) is 0 Å². The van der Waals surface area contributed by atoms with Crippen molar-refractivity contribution in [3.8, 4) is 0 Å². The van der Waals surface area contributed by atoms with Crippen LogP contribution in [0.5, 0.6) is 0 Å². The fourth-order valence-electron chi connectivity index (χ4n) is 1.29. The maximum absolute atomic E-state index is 5.82. The van der Waals surface area contributed by atoms with Crippen molar-refractivity contribution in [1.29, 1.82) is 0 Å². The van der Waals surface area contributed by atoms with Crippen LogP contribution < -0.4 is 0 Å². The van der Waals surface area contributed by atoms with Crippen LogP contribution in [0.3, 0.4) is 0 Å². The quantitative estimate of drug-likeness (QED) is 0.512. The Morgan fingerprint density at radius 1 is 1.07 bits per heavy atom. The molecule has 84 valence electrons. The smallest absolute Gasteiger partial charge is 0.400 e. The lowest BCUT2D eigenvalue weighted by Gasteiger charge is -2.32. The Bertz CT molecular complexity index is 274. The predicted octanol–water partition coefficient (Wildman–Crippen LogP) is 3.14. The average molecular weight is 208 g/mol. The fourth-order valence-corrected chi connectivity index (χ4v) is 1.29. The van der Waals surface area contributed by atoms with Gasteiger partial charge < -0.3 is 9.31 Å². The van der Waals surface area contributed by atoms with Gasteiger partial charge in [0.25, 0.3) is 0 Å². The summed E-state index contributed by atoms with van der Waals surface area (Å²) in [5, 5.41) is 0. The molecule has 0 bridgehead atoms. The van der Waals surface area contributed by atoms with Crippen LogP contribution in [0.25, 0.3) is 0 Å². The van der Waals surface area contributed by atoms with E-state index in [1.54, 1.807) is 0 Å². The summed E-state index contributed by atoms with van der Waals surface area (Å²) in [6, 6.07) is 0. The molecule has 0 N–H and O–H groups in total. The lowest BCUT2D eigenvalue weighted by Crippen LogP contribution is -2.41. The Labute approximate surface area is 93.5 Å². The van der Waals surface area contributed by atoms with E-state index in [0.29, 0.717) is 0 Å². The van der Waals surface area contributed by atoms with Gasteiger partial charge in [0.1, 0.15) is 0 Å². The molecule has 1 fully saturated rings. The van der Waals surface area contributed by atoms with Crippen LogP contribution in [0.2, 0.25) is 0 Å². The molecule has 1 saturated heterocycles. The normalized spacial score (nSPS) is 25.2. The van der Waals surface area contributed by atoms with Gasteiger partial charge in [0.2, 0.25) is 0 Å². The summed E-state index contributed by atoms with van der Waals surface area (Å²) in [6.07, 6.45) is 4.09. The van der Waals surface area contributed by atoms with Crippen LogP contribution in [0.15, 0.2) is 23.7 Å². The van der Waals surface area contributed by atoms with Gasteiger partial charge in [-0.2, -0.15) is 0 Å². The van der Waals surface area contributed by atoms with E-state index in [-0.39, 0.29) is 18.3 Å². The van der Waals surface area contributed by atoms with Crippen molar-refractivity contribution in [1.82, 2.24) is 0 Å². The molecule has 0 aromatic carbocycles. The Hall–Kier alpha value is -0.535. The minimum Gasteiger partial charge on any atom is -0.400 e. The topological polar surface area (TPSA) is 18.5 Å². The first kappa shape index (κ1) is 12.5. The molecule has 0 spiro atoms. The molecule has 1 rings (SSSR count). The van der Waals surface area contributed by atoms with Crippen LogP contribution >= 0.6 is 0 Å². The number of rotatable bonds is 2. The Balaban J connectivity index is 2.68. The van der Waals surface area contributed by atoms with E-state index in [0.717, 1.165) is 0 Å². The first-order valence-electron chi connectivity index (χ1n) is 5.45. The minimum atomic E-state index is -0.244. The standard InChI is InChI=1S/C12H21BO2/c1-7-10(2)8-9-13-14-11(3,4)12(5,6)15-13/h7-9H,1-6H3/b9-8+,10-7+. The summed E-state index contributed by atoms with van der Waals surface area (Å²) in [5.41, 5.74) is 0.724. The number of hydrogen-bond donors (Lipinski definition) is 0. The summed E-state index contributed by atoms with van der Waals surface area (Å²) >= 11 is 0. The average Bonchev–Trinajstić information content (AvgIpc) is 2.31. The van der Waals surface area contributed by atoms with Crippen molar-refractivity contribution in [3.63, 3.8) is 0 Å². The van der Waals surface area contributed by atoms with Gasteiger partial charge in [0.05, 0.1) is 11.2 Å². The van der Waals surface area contributed by atoms with Crippen molar-refractivity contribution in [2.75, 3.05) is 0 Å². The maximum Gasteiger partial charge on any atom is 0.487 e. The van der Waals surface area contributed by atoms with Crippen molar-refractivity contribution in [2.45, 2.75) is 52.7 Å². The lowest BCUT2D eigenvalue weighted by atomic mass is 9.89. The maximum atomic E-state index is 5.82. The molecule has 0 unspecified atom stereocenters. The van der Waals surface area contributed by atoms with Crippen LogP contribution in [-0.4, -0.2) is 18.3 Å². The molecule has 0 amide bonds. The highest BCUT2D eigenvalue weighted by molar-refractivity contribution is 6.51. The van der Waals surface area contributed by atoms with Gasteiger partial charge in [-0.3, -0.25) is 0 Å². The molecule has 0 aromatic rings. The zero-order valence-corrected chi connectivity index (χ0v) is 10.6. The second-order valence-electron chi connectivity index (χ2n) is 5.02. The van der Waals surface area contributed by atoms with Gasteiger partial charge in [0.15, 0.2) is 0 Å². The molecule has 2 nitrogen and oxygen atoms in total. The summed E-state index contributed by atoms with van der Waals surface area (Å²) in [6.45, 7) is 12.3. The zero-order chi connectivity index (χ0) is 11.7. The van der Waals surface area contributed by atoms with E-state index in [1.807, 2.05) is 19.0 Å². The van der Waals surface area contributed by atoms with Gasteiger partial charge in [-0.25, -0.2) is 0 Å². The number of allylic oxidation sites excluding steroid dienone is 3. The zero-order valence-electron chi connectivity index (χ0n) is 10.6. The third kappa shape index (κ3) is 2.73. The molecular formula is C12H21BO2. The van der Waals surface area contributed by atoms with E-state index in [4.69, 9.17) is 9.31 Å². The Morgan fingerprint density at radius 2 is 1.53 bits per heavy atom. The highest BCUT2D eigenvalue weighted by Gasteiger charge is 2.49. The highest BCUT2D eigenvalue weighted by atomic mass is 16.7. The second kappa shape index (κ2) is 4.15. The van der Waals surface area contributed by atoms with Crippen molar-refractivity contribution < 1.29 is 9.31 Å². The predicted molar refractivity (Wildman–Crippen MR) is 64.7 cm³/mol. The summed E-state index contributed by atoms with van der Waals surface area (Å²) in [4.78, 5) is 0. The molecule has 1 aliphatic rings. The molecular weight excluding hydrogens is 187 g/mol. The minimum absolute atomic E-state index is 0.232. The van der Waals surface area contributed by atoms with Crippen LogP contribution in [-0.2, 0) is 9.31 Å². The summed E-state index contributed by atoms with van der Waals surface area (Å²) in [7, 11) is -0.232. The first-order valence-corrected chi connectivity index (χ1v) is 5.45. The second-order valence-corrected chi connectivity index (χ2v) is 5.02. The first-order chi connectivity index (χ1) is 6.78. The van der Waals surface area contributed by atoms with Crippen molar-refractivity contribution in [3.05, 3.63) is 23.7 Å². The monoisotopic (exact) mass is 208 g/mol. The molecule has 0 radical (unpaired) electrons. The van der Waals surface area contributed by atoms with Crippen molar-refractivity contribution in [2.24, 2.45) is 0 Å². The third-order valence-corrected chi connectivity index (χ3v) is 3.24. The Morgan fingerprint density at radius 3 is 1.93 bits per heavy atom. The van der Waals surface area contributed by atoms with Gasteiger partial charge in [-0.1, -0.05) is 23.7 Å². The molecule has 0 saturated carbocycles.